The van der Waals surface area contributed by atoms with E-state index >= 15 is 0 Å². The summed E-state index contributed by atoms with van der Waals surface area (Å²) in [7, 11) is -2.16. The van der Waals surface area contributed by atoms with Gasteiger partial charge in [0.05, 0.1) is 13.6 Å². The normalized spacial score (nSPS) is 14.7. The molecule has 176 valence electrons. The predicted octanol–water partition coefficient (Wildman–Crippen LogP) is 7.57. The minimum atomic E-state index is -4.15. The molecule has 6 heteroatoms. The zero-order valence-electron chi connectivity index (χ0n) is 19.4. The van der Waals surface area contributed by atoms with Gasteiger partial charge < -0.3 is 0 Å². The van der Waals surface area contributed by atoms with Crippen molar-refractivity contribution < 1.29 is 13.0 Å². The molecule has 1 rings (SSSR count). The average molecular weight is 555 g/mol. The smallest absolute Gasteiger partial charge is 0.281 e. The van der Waals surface area contributed by atoms with Gasteiger partial charge in [-0.1, -0.05) is 89.8 Å². The second-order valence-electron chi connectivity index (χ2n) is 8.62. The number of para-hydroxylation sites is 1. The fraction of sp³-hybridized carbons (Fsp3) is 0.750. The predicted molar refractivity (Wildman–Crippen MR) is 141 cm³/mol. The van der Waals surface area contributed by atoms with Gasteiger partial charge in [0.2, 0.25) is 5.37 Å². The molecule has 0 aromatic heterocycles. The third-order valence-corrected chi connectivity index (χ3v) is 7.49. The number of benzene rings is 1. The van der Waals surface area contributed by atoms with Gasteiger partial charge in [-0.3, -0.25) is 9.04 Å². The molecule has 0 radical (unpaired) electrons. The van der Waals surface area contributed by atoms with Crippen molar-refractivity contribution in [3.63, 3.8) is 0 Å². The van der Waals surface area contributed by atoms with Gasteiger partial charge in [0.15, 0.2) is 0 Å². The van der Waals surface area contributed by atoms with Gasteiger partial charge in [-0.15, -0.1) is 24.0 Å². The van der Waals surface area contributed by atoms with E-state index in [1.165, 1.54) is 44.9 Å². The molecule has 0 heterocycles. The van der Waals surface area contributed by atoms with Gasteiger partial charge in [0, 0.05) is 6.42 Å². The molecule has 0 fully saturated rings. The molecule has 0 spiro atoms. The van der Waals surface area contributed by atoms with E-state index in [1.807, 2.05) is 37.4 Å². The van der Waals surface area contributed by atoms with E-state index in [1.54, 1.807) is 0 Å². The molecule has 4 nitrogen and oxygen atoms in total. The number of nitrogens with zero attached hydrogens (tertiary/aromatic N) is 1. The van der Waals surface area contributed by atoms with Crippen LogP contribution in [0.4, 0.5) is 5.69 Å². The number of hydrogen-bond acceptors (Lipinski definition) is 2. The highest BCUT2D eigenvalue weighted by molar-refractivity contribution is 14.0. The van der Waals surface area contributed by atoms with Crippen LogP contribution in [0.1, 0.15) is 97.3 Å². The first-order valence-corrected chi connectivity index (χ1v) is 13.2. The summed E-state index contributed by atoms with van der Waals surface area (Å²) >= 11 is 0. The molecule has 0 aliphatic heterocycles. The van der Waals surface area contributed by atoms with Crippen molar-refractivity contribution in [1.29, 1.82) is 0 Å². The summed E-state index contributed by atoms with van der Waals surface area (Å²) in [6.45, 7) is 5.14. The summed E-state index contributed by atoms with van der Waals surface area (Å²) in [5, 5.41) is -0.799. The fourth-order valence-corrected chi connectivity index (χ4v) is 5.54. The monoisotopic (exact) mass is 554 g/mol. The minimum absolute atomic E-state index is 0. The second-order valence-corrected chi connectivity index (χ2v) is 10.2. The lowest BCUT2D eigenvalue weighted by Gasteiger charge is -2.39. The van der Waals surface area contributed by atoms with Crippen molar-refractivity contribution in [1.82, 2.24) is 4.48 Å². The van der Waals surface area contributed by atoms with E-state index in [0.29, 0.717) is 6.42 Å². The number of rotatable bonds is 17. The van der Waals surface area contributed by atoms with Gasteiger partial charge in [-0.2, -0.15) is 8.42 Å². The van der Waals surface area contributed by atoms with Crippen molar-refractivity contribution in [2.75, 3.05) is 13.6 Å². The summed E-state index contributed by atoms with van der Waals surface area (Å²) in [6, 6.07) is 9.86. The van der Waals surface area contributed by atoms with Crippen LogP contribution in [0.3, 0.4) is 0 Å². The fourth-order valence-electron chi connectivity index (χ4n) is 4.26. The van der Waals surface area contributed by atoms with Crippen molar-refractivity contribution in [3.05, 3.63) is 30.3 Å². The Labute approximate surface area is 203 Å². The SMILES string of the molecule is CCCCCCCCC([N+](C)(CCCCCCCC)c1ccccc1)S(=O)(=O)O.I. The molecule has 1 aromatic rings. The van der Waals surface area contributed by atoms with Crippen molar-refractivity contribution in [3.8, 4) is 0 Å². The van der Waals surface area contributed by atoms with Crippen LogP contribution in [0.2, 0.25) is 0 Å². The van der Waals surface area contributed by atoms with Crippen molar-refractivity contribution in [2.45, 2.75) is 103 Å². The maximum absolute atomic E-state index is 12.4. The topological polar surface area (TPSA) is 54.4 Å². The molecule has 1 aromatic carbocycles. The zero-order chi connectivity index (χ0) is 21.6. The molecular formula is C24H45INO3S+. The van der Waals surface area contributed by atoms with Gasteiger partial charge in [0.1, 0.15) is 5.69 Å². The molecule has 0 bridgehead atoms. The van der Waals surface area contributed by atoms with Crippen LogP contribution in [0.5, 0.6) is 0 Å². The van der Waals surface area contributed by atoms with Gasteiger partial charge >= 0.3 is 10.1 Å². The number of unbranched alkanes of at least 4 members (excludes halogenated alkanes) is 10. The van der Waals surface area contributed by atoms with E-state index in [-0.39, 0.29) is 28.5 Å². The maximum atomic E-state index is 12.4. The molecule has 0 amide bonds. The first-order chi connectivity index (χ1) is 13.9. The number of hydrogen-bond donors (Lipinski definition) is 1. The summed E-state index contributed by atoms with van der Waals surface area (Å²) < 4.78 is 35.3. The first-order valence-electron chi connectivity index (χ1n) is 11.7. The minimum Gasteiger partial charge on any atom is -0.281 e. The lowest BCUT2D eigenvalue weighted by atomic mass is 10.1. The largest absolute Gasteiger partial charge is 0.319 e. The Morgan fingerprint density at radius 3 is 1.77 bits per heavy atom. The maximum Gasteiger partial charge on any atom is 0.319 e. The van der Waals surface area contributed by atoms with Gasteiger partial charge in [0.25, 0.3) is 0 Å². The van der Waals surface area contributed by atoms with E-state index in [4.69, 9.17) is 0 Å². The lowest BCUT2D eigenvalue weighted by Crippen LogP contribution is -2.57. The third-order valence-electron chi connectivity index (χ3n) is 6.11. The van der Waals surface area contributed by atoms with Crippen LogP contribution in [-0.4, -0.2) is 31.9 Å². The van der Waals surface area contributed by atoms with Crippen LogP contribution >= 0.6 is 24.0 Å². The standard InChI is InChI=1S/C24H43NO3S.HI/c1-4-6-8-10-12-17-21-24(29(26,27)28)25(3,23-19-15-14-16-20-23)22-18-13-11-9-7-5-2;/h14-16,19-20,24H,4-13,17-18,21-22H2,1-3H3;1H/p+1. The summed E-state index contributed by atoms with van der Waals surface area (Å²) in [5.74, 6) is 0. The molecule has 2 unspecified atom stereocenters. The highest BCUT2D eigenvalue weighted by Crippen LogP contribution is 2.31. The van der Waals surface area contributed by atoms with E-state index in [2.05, 4.69) is 13.8 Å². The zero-order valence-corrected chi connectivity index (χ0v) is 22.5. The summed E-state index contributed by atoms with van der Waals surface area (Å²) in [6.07, 6.45) is 14.1. The Bertz CT molecular complexity index is 639. The molecule has 1 N–H and O–H groups in total. The quantitative estimate of drug-likeness (QED) is 0.0936. The molecule has 0 saturated carbocycles. The van der Waals surface area contributed by atoms with Crippen LogP contribution < -0.4 is 4.48 Å². The van der Waals surface area contributed by atoms with Crippen LogP contribution in [-0.2, 0) is 10.1 Å². The Morgan fingerprint density at radius 2 is 1.27 bits per heavy atom. The van der Waals surface area contributed by atoms with Crippen molar-refractivity contribution in [2.24, 2.45) is 0 Å². The van der Waals surface area contributed by atoms with E-state index in [0.717, 1.165) is 44.3 Å². The Balaban J connectivity index is 0.00000841. The Kier molecular flexibility index (Phi) is 16.4. The molecule has 2 atom stereocenters. The Morgan fingerprint density at radius 1 is 0.800 bits per heavy atom. The highest BCUT2D eigenvalue weighted by atomic mass is 127. The highest BCUT2D eigenvalue weighted by Gasteiger charge is 2.42. The van der Waals surface area contributed by atoms with Gasteiger partial charge in [-0.25, -0.2) is 0 Å². The Hall–Kier alpha value is -0.180. The number of quaternary nitrogens is 1. The number of halogens is 1. The van der Waals surface area contributed by atoms with Crippen molar-refractivity contribution >= 4 is 39.8 Å². The van der Waals surface area contributed by atoms with E-state index in [9.17, 15) is 13.0 Å². The molecule has 0 aliphatic rings. The summed E-state index contributed by atoms with van der Waals surface area (Å²) in [4.78, 5) is 0. The van der Waals surface area contributed by atoms with Gasteiger partial charge in [-0.05, 0) is 31.4 Å². The average Bonchev–Trinajstić information content (AvgIpc) is 2.69. The lowest BCUT2D eigenvalue weighted by molar-refractivity contribution is 0.262. The van der Waals surface area contributed by atoms with Crippen LogP contribution in [0.25, 0.3) is 0 Å². The molecule has 0 aliphatic carbocycles. The van der Waals surface area contributed by atoms with Crippen LogP contribution in [0.15, 0.2) is 30.3 Å². The first kappa shape index (κ1) is 29.8. The van der Waals surface area contributed by atoms with E-state index < -0.39 is 15.5 Å². The summed E-state index contributed by atoms with van der Waals surface area (Å²) in [5.41, 5.74) is 0.967. The molecule has 0 saturated heterocycles. The molecular weight excluding hydrogens is 509 g/mol. The molecule has 30 heavy (non-hydrogen) atoms. The van der Waals surface area contributed by atoms with Crippen LogP contribution in [0, 0.1) is 0 Å². The second kappa shape index (κ2) is 16.5. The third kappa shape index (κ3) is 10.9.